The van der Waals surface area contributed by atoms with Gasteiger partial charge in [0.25, 0.3) is 5.56 Å². The summed E-state index contributed by atoms with van der Waals surface area (Å²) in [4.78, 5) is 30.7. The molecule has 4 rings (SSSR count). The van der Waals surface area contributed by atoms with Crippen molar-refractivity contribution in [3.05, 3.63) is 70.0 Å². The maximum absolute atomic E-state index is 13.4. The number of rotatable bonds is 8. The van der Waals surface area contributed by atoms with Crippen LogP contribution in [0.1, 0.15) is 43.7 Å². The van der Waals surface area contributed by atoms with E-state index in [4.69, 9.17) is 9.40 Å². The summed E-state index contributed by atoms with van der Waals surface area (Å²) in [5.74, 6) is 1.01. The first-order valence-electron chi connectivity index (χ1n) is 10.9. The average Bonchev–Trinajstić information content (AvgIpc) is 3.42. The van der Waals surface area contributed by atoms with Crippen LogP contribution >= 0.6 is 11.8 Å². The number of aryl methyl sites for hydroxylation is 2. The molecule has 0 saturated carbocycles. The van der Waals surface area contributed by atoms with Crippen molar-refractivity contribution in [3.8, 4) is 0 Å². The molecule has 0 bridgehead atoms. The maximum Gasteiger partial charge on any atom is 0.280 e. The zero-order valence-corrected chi connectivity index (χ0v) is 20.0. The van der Waals surface area contributed by atoms with E-state index in [1.807, 2.05) is 38.1 Å². The summed E-state index contributed by atoms with van der Waals surface area (Å²) in [6.45, 7) is 8.81. The molecule has 9 heteroatoms. The van der Waals surface area contributed by atoms with Crippen LogP contribution in [0.3, 0.4) is 0 Å². The molecule has 0 unspecified atom stereocenters. The Balaban J connectivity index is 1.59. The highest BCUT2D eigenvalue weighted by atomic mass is 32.2. The van der Waals surface area contributed by atoms with Gasteiger partial charge in [-0.1, -0.05) is 37.7 Å². The van der Waals surface area contributed by atoms with E-state index in [2.05, 4.69) is 24.3 Å². The number of aromatic nitrogens is 4. The van der Waals surface area contributed by atoms with Crippen LogP contribution in [0, 0.1) is 6.92 Å². The topological polar surface area (TPSA) is 95.0 Å². The van der Waals surface area contributed by atoms with Gasteiger partial charge in [-0.05, 0) is 49.6 Å². The lowest BCUT2D eigenvalue weighted by atomic mass is 10.0. The van der Waals surface area contributed by atoms with Crippen LogP contribution in [0.25, 0.3) is 11.0 Å². The number of hydrogen-bond donors (Lipinski definition) is 1. The summed E-state index contributed by atoms with van der Waals surface area (Å²) in [7, 11) is 0. The first-order valence-corrected chi connectivity index (χ1v) is 11.9. The van der Waals surface area contributed by atoms with Crippen molar-refractivity contribution in [2.24, 2.45) is 0 Å². The predicted octanol–water partition coefficient (Wildman–Crippen LogP) is 4.42. The second-order valence-corrected chi connectivity index (χ2v) is 9.02. The molecular formula is C24H27N5O3S. The maximum atomic E-state index is 13.4. The van der Waals surface area contributed by atoms with Crippen molar-refractivity contribution in [3.63, 3.8) is 0 Å². The third-order valence-electron chi connectivity index (χ3n) is 5.37. The SMILES string of the molecule is CCn1nc(C)c2nc(SCC(=O)Nc3ccc(C(C)C)cc3)n(Cc3ccco3)c(=O)c21. The van der Waals surface area contributed by atoms with E-state index in [0.717, 1.165) is 5.69 Å². The highest BCUT2D eigenvalue weighted by Gasteiger charge is 2.19. The monoisotopic (exact) mass is 465 g/mol. The van der Waals surface area contributed by atoms with Gasteiger partial charge >= 0.3 is 0 Å². The Morgan fingerprint density at radius 1 is 1.21 bits per heavy atom. The van der Waals surface area contributed by atoms with E-state index in [1.54, 1.807) is 27.6 Å². The zero-order chi connectivity index (χ0) is 23.5. The smallest absolute Gasteiger partial charge is 0.280 e. The molecule has 8 nitrogen and oxygen atoms in total. The molecule has 1 amide bonds. The van der Waals surface area contributed by atoms with Gasteiger partial charge in [0.15, 0.2) is 10.7 Å². The fourth-order valence-electron chi connectivity index (χ4n) is 3.60. The van der Waals surface area contributed by atoms with Crippen LogP contribution in [0.15, 0.2) is 57.0 Å². The number of anilines is 1. The fourth-order valence-corrected chi connectivity index (χ4v) is 4.40. The van der Waals surface area contributed by atoms with Gasteiger partial charge in [0.2, 0.25) is 5.91 Å². The second kappa shape index (κ2) is 9.66. The lowest BCUT2D eigenvalue weighted by molar-refractivity contribution is -0.113. The highest BCUT2D eigenvalue weighted by molar-refractivity contribution is 7.99. The van der Waals surface area contributed by atoms with Crippen LogP contribution in [0.2, 0.25) is 0 Å². The van der Waals surface area contributed by atoms with Gasteiger partial charge in [0.1, 0.15) is 11.3 Å². The molecule has 4 aromatic rings. The minimum absolute atomic E-state index is 0.114. The van der Waals surface area contributed by atoms with Gasteiger partial charge < -0.3 is 9.73 Å². The molecular weight excluding hydrogens is 438 g/mol. The first kappa shape index (κ1) is 22.8. The van der Waals surface area contributed by atoms with Crippen LogP contribution in [0.4, 0.5) is 5.69 Å². The second-order valence-electron chi connectivity index (χ2n) is 8.08. The zero-order valence-electron chi connectivity index (χ0n) is 19.2. The van der Waals surface area contributed by atoms with E-state index in [0.29, 0.717) is 40.1 Å². The van der Waals surface area contributed by atoms with Crippen LogP contribution < -0.4 is 10.9 Å². The van der Waals surface area contributed by atoms with Crippen molar-refractivity contribution in [1.29, 1.82) is 0 Å². The van der Waals surface area contributed by atoms with Crippen molar-refractivity contribution in [1.82, 2.24) is 19.3 Å². The summed E-state index contributed by atoms with van der Waals surface area (Å²) in [5.41, 5.74) is 3.45. The summed E-state index contributed by atoms with van der Waals surface area (Å²) >= 11 is 1.22. The summed E-state index contributed by atoms with van der Waals surface area (Å²) < 4.78 is 8.67. The number of fused-ring (bicyclic) bond motifs is 1. The molecule has 0 aliphatic carbocycles. The molecule has 3 heterocycles. The lowest BCUT2D eigenvalue weighted by Crippen LogP contribution is -2.26. The Kier molecular flexibility index (Phi) is 6.69. The molecule has 0 saturated heterocycles. The molecule has 3 aromatic heterocycles. The number of nitrogens with one attached hydrogen (secondary N) is 1. The Hall–Kier alpha value is -3.33. The van der Waals surface area contributed by atoms with E-state index >= 15 is 0 Å². The van der Waals surface area contributed by atoms with Crippen LogP contribution in [0.5, 0.6) is 0 Å². The quantitative estimate of drug-likeness (QED) is 0.306. The number of nitrogens with zero attached hydrogens (tertiary/aromatic N) is 4. The van der Waals surface area contributed by atoms with Crippen molar-refractivity contribution in [2.45, 2.75) is 51.9 Å². The molecule has 0 aliphatic rings. The van der Waals surface area contributed by atoms with Gasteiger partial charge in [0.05, 0.1) is 24.3 Å². The van der Waals surface area contributed by atoms with Crippen molar-refractivity contribution < 1.29 is 9.21 Å². The van der Waals surface area contributed by atoms with E-state index < -0.39 is 0 Å². The number of thioether (sulfide) groups is 1. The summed E-state index contributed by atoms with van der Waals surface area (Å²) in [6.07, 6.45) is 1.57. The van der Waals surface area contributed by atoms with Crippen LogP contribution in [-0.4, -0.2) is 31.0 Å². The molecule has 172 valence electrons. The van der Waals surface area contributed by atoms with Gasteiger partial charge in [-0.2, -0.15) is 5.10 Å². The largest absolute Gasteiger partial charge is 0.467 e. The minimum atomic E-state index is -0.203. The molecule has 1 N–H and O–H groups in total. The number of amides is 1. The van der Waals surface area contributed by atoms with E-state index in [-0.39, 0.29) is 23.8 Å². The number of carbonyl (C=O) groups is 1. The van der Waals surface area contributed by atoms with Gasteiger partial charge in [-0.15, -0.1) is 0 Å². The number of benzene rings is 1. The number of hydrogen-bond acceptors (Lipinski definition) is 6. The van der Waals surface area contributed by atoms with E-state index in [1.165, 1.54) is 17.3 Å². The summed E-state index contributed by atoms with van der Waals surface area (Å²) in [6, 6.07) is 11.4. The van der Waals surface area contributed by atoms with Crippen LogP contribution in [-0.2, 0) is 17.9 Å². The van der Waals surface area contributed by atoms with Gasteiger partial charge in [0, 0.05) is 12.2 Å². The molecule has 0 radical (unpaired) electrons. The minimum Gasteiger partial charge on any atom is -0.467 e. The fraction of sp³-hybridized carbons (Fsp3) is 0.333. The average molecular weight is 466 g/mol. The Morgan fingerprint density at radius 2 is 1.97 bits per heavy atom. The van der Waals surface area contributed by atoms with Crippen molar-refractivity contribution in [2.75, 3.05) is 11.1 Å². The predicted molar refractivity (Wildman–Crippen MR) is 130 cm³/mol. The molecule has 0 aliphatic heterocycles. The molecule has 1 aromatic carbocycles. The molecule has 0 spiro atoms. The standard InChI is InChI=1S/C24H27N5O3S/c1-5-29-22-21(16(4)27-29)26-24(28(23(22)31)13-19-7-6-12-32-19)33-14-20(30)25-18-10-8-17(9-11-18)15(2)3/h6-12,15H,5,13-14H2,1-4H3,(H,25,30). The normalized spacial score (nSPS) is 11.4. The molecule has 0 atom stereocenters. The number of carbonyl (C=O) groups excluding carboxylic acids is 1. The molecule has 33 heavy (non-hydrogen) atoms. The van der Waals surface area contributed by atoms with Gasteiger partial charge in [-0.25, -0.2) is 4.98 Å². The Labute approximate surface area is 196 Å². The van der Waals surface area contributed by atoms with E-state index in [9.17, 15) is 9.59 Å². The summed E-state index contributed by atoms with van der Waals surface area (Å²) in [5, 5.41) is 7.81. The Bertz CT molecular complexity index is 1320. The van der Waals surface area contributed by atoms with Gasteiger partial charge in [-0.3, -0.25) is 18.8 Å². The number of furan rings is 1. The first-order chi connectivity index (χ1) is 15.9. The third kappa shape index (κ3) is 4.88. The molecule has 0 fully saturated rings. The highest BCUT2D eigenvalue weighted by Crippen LogP contribution is 2.22. The Morgan fingerprint density at radius 3 is 2.61 bits per heavy atom. The third-order valence-corrected chi connectivity index (χ3v) is 6.35. The lowest BCUT2D eigenvalue weighted by Gasteiger charge is -2.12. The van der Waals surface area contributed by atoms with Crippen molar-refractivity contribution >= 4 is 34.4 Å².